The second-order valence-corrected chi connectivity index (χ2v) is 9.80. The highest BCUT2D eigenvalue weighted by Crippen LogP contribution is 2.31. The minimum absolute atomic E-state index is 0.0702. The van der Waals surface area contributed by atoms with Crippen molar-refractivity contribution in [1.82, 2.24) is 4.31 Å². The first-order chi connectivity index (χ1) is 15.4. The first kappa shape index (κ1) is 22.3. The Morgan fingerprint density at radius 3 is 2.47 bits per heavy atom. The summed E-state index contributed by atoms with van der Waals surface area (Å²) in [5.41, 5.74) is 1.02. The lowest BCUT2D eigenvalue weighted by atomic mass is 10.1. The molecule has 3 aromatic rings. The standard InChI is InChI=1S/C24H26N2O5S/c1-26(16-18-6-5-15-31-18)32(28,29)19-11-9-17(10-12-19)24(27)25-22-13-14-23(30-2)21-8-4-3-7-20(21)22/h3-4,7-14,18H,5-6,15-16H2,1-2H3,(H,25,27)/t18-/m1/s1. The number of carbonyl (C=O) groups is 1. The molecule has 7 nitrogen and oxygen atoms in total. The molecule has 1 amide bonds. The Balaban J connectivity index is 1.51. The first-order valence-corrected chi connectivity index (χ1v) is 11.9. The van der Waals surface area contributed by atoms with Crippen molar-refractivity contribution in [2.24, 2.45) is 0 Å². The van der Waals surface area contributed by atoms with Crippen molar-refractivity contribution >= 4 is 32.4 Å². The number of nitrogens with zero attached hydrogens (tertiary/aromatic N) is 1. The summed E-state index contributed by atoms with van der Waals surface area (Å²) in [5, 5.41) is 4.66. The summed E-state index contributed by atoms with van der Waals surface area (Å²) in [6.45, 7) is 0.987. The van der Waals surface area contributed by atoms with E-state index in [0.29, 0.717) is 24.4 Å². The van der Waals surface area contributed by atoms with Crippen molar-refractivity contribution in [2.45, 2.75) is 23.8 Å². The molecular formula is C24H26N2O5S. The number of likely N-dealkylation sites (N-methyl/N-ethyl adjacent to an activating group) is 1. The lowest BCUT2D eigenvalue weighted by Gasteiger charge is -2.20. The molecule has 0 spiro atoms. The lowest BCUT2D eigenvalue weighted by Crippen LogP contribution is -2.34. The van der Waals surface area contributed by atoms with Crippen LogP contribution in [-0.4, -0.2) is 52.0 Å². The van der Waals surface area contributed by atoms with E-state index in [2.05, 4.69) is 5.32 Å². The Bertz CT molecular complexity index is 1220. The molecule has 1 saturated heterocycles. The van der Waals surface area contributed by atoms with Gasteiger partial charge in [0.25, 0.3) is 5.91 Å². The molecule has 1 fully saturated rings. The Hall–Kier alpha value is -2.94. The highest BCUT2D eigenvalue weighted by Gasteiger charge is 2.26. The molecule has 0 saturated carbocycles. The summed E-state index contributed by atoms with van der Waals surface area (Å²) >= 11 is 0. The van der Waals surface area contributed by atoms with Gasteiger partial charge in [0, 0.05) is 42.2 Å². The van der Waals surface area contributed by atoms with Gasteiger partial charge < -0.3 is 14.8 Å². The van der Waals surface area contributed by atoms with Crippen LogP contribution in [0.3, 0.4) is 0 Å². The molecule has 1 aliphatic heterocycles. The van der Waals surface area contributed by atoms with Crippen LogP contribution < -0.4 is 10.1 Å². The van der Waals surface area contributed by atoms with Gasteiger partial charge in [-0.05, 0) is 49.2 Å². The van der Waals surface area contributed by atoms with Crippen LogP contribution in [0, 0.1) is 0 Å². The molecular weight excluding hydrogens is 428 g/mol. The maximum atomic E-state index is 12.9. The van der Waals surface area contributed by atoms with Crippen molar-refractivity contribution < 1.29 is 22.7 Å². The fourth-order valence-electron chi connectivity index (χ4n) is 3.88. The zero-order valence-electron chi connectivity index (χ0n) is 18.1. The summed E-state index contributed by atoms with van der Waals surface area (Å²) in [7, 11) is -0.504. The van der Waals surface area contributed by atoms with Gasteiger partial charge in [-0.2, -0.15) is 4.31 Å². The van der Waals surface area contributed by atoms with Gasteiger partial charge in [-0.3, -0.25) is 4.79 Å². The average Bonchev–Trinajstić information content (AvgIpc) is 3.32. The number of amides is 1. The molecule has 32 heavy (non-hydrogen) atoms. The van der Waals surface area contributed by atoms with Crippen LogP contribution in [0.4, 0.5) is 5.69 Å². The van der Waals surface area contributed by atoms with Crippen molar-refractivity contribution in [3.05, 3.63) is 66.2 Å². The molecule has 0 unspecified atom stereocenters. The zero-order chi connectivity index (χ0) is 22.7. The van der Waals surface area contributed by atoms with Crippen molar-refractivity contribution in [2.75, 3.05) is 32.6 Å². The number of hydrogen-bond acceptors (Lipinski definition) is 5. The van der Waals surface area contributed by atoms with Crippen LogP contribution in [-0.2, 0) is 14.8 Å². The number of anilines is 1. The van der Waals surface area contributed by atoms with E-state index in [-0.39, 0.29) is 16.9 Å². The van der Waals surface area contributed by atoms with Gasteiger partial charge in [0.15, 0.2) is 0 Å². The van der Waals surface area contributed by atoms with E-state index in [1.807, 2.05) is 24.3 Å². The number of nitrogens with one attached hydrogen (secondary N) is 1. The summed E-state index contributed by atoms with van der Waals surface area (Å²) in [6, 6.07) is 17.2. The normalized spacial score (nSPS) is 16.4. The minimum Gasteiger partial charge on any atom is -0.496 e. The quantitative estimate of drug-likeness (QED) is 0.585. The predicted octanol–water partition coefficient (Wildman–Crippen LogP) is 3.90. The third-order valence-corrected chi connectivity index (χ3v) is 7.50. The molecule has 0 aliphatic carbocycles. The summed E-state index contributed by atoms with van der Waals surface area (Å²) in [6.07, 6.45) is 1.74. The number of hydrogen-bond donors (Lipinski definition) is 1. The summed E-state index contributed by atoms with van der Waals surface area (Å²) in [4.78, 5) is 13.0. The van der Waals surface area contributed by atoms with Gasteiger partial charge in [-0.1, -0.05) is 24.3 Å². The van der Waals surface area contributed by atoms with Crippen LogP contribution in [0.2, 0.25) is 0 Å². The fraction of sp³-hybridized carbons (Fsp3) is 0.292. The van der Waals surface area contributed by atoms with E-state index in [1.165, 1.54) is 28.6 Å². The number of methoxy groups -OCH3 is 1. The number of benzene rings is 3. The molecule has 8 heteroatoms. The maximum absolute atomic E-state index is 12.9. The van der Waals surface area contributed by atoms with Gasteiger partial charge in [0.05, 0.1) is 18.1 Å². The predicted molar refractivity (Wildman–Crippen MR) is 124 cm³/mol. The number of fused-ring (bicyclic) bond motifs is 1. The van der Waals surface area contributed by atoms with Crippen molar-refractivity contribution in [3.8, 4) is 5.75 Å². The topological polar surface area (TPSA) is 84.9 Å². The molecule has 168 valence electrons. The third-order valence-electron chi connectivity index (χ3n) is 5.66. The molecule has 1 aliphatic rings. The van der Waals surface area contributed by atoms with Crippen molar-refractivity contribution in [3.63, 3.8) is 0 Å². The molecule has 1 atom stereocenters. The minimum atomic E-state index is -3.66. The molecule has 0 aromatic heterocycles. The van der Waals surface area contributed by atoms with E-state index in [1.54, 1.807) is 26.3 Å². The lowest BCUT2D eigenvalue weighted by molar-refractivity contribution is 0.0979. The van der Waals surface area contributed by atoms with E-state index < -0.39 is 10.0 Å². The second kappa shape index (κ2) is 9.28. The van der Waals surface area contributed by atoms with Crippen LogP contribution in [0.5, 0.6) is 5.75 Å². The van der Waals surface area contributed by atoms with Crippen LogP contribution >= 0.6 is 0 Å². The van der Waals surface area contributed by atoms with E-state index in [9.17, 15) is 13.2 Å². The fourth-order valence-corrected chi connectivity index (χ4v) is 5.09. The smallest absolute Gasteiger partial charge is 0.255 e. The molecule has 0 radical (unpaired) electrons. The molecule has 1 heterocycles. The van der Waals surface area contributed by atoms with E-state index in [4.69, 9.17) is 9.47 Å². The monoisotopic (exact) mass is 454 g/mol. The Morgan fingerprint density at radius 1 is 1.09 bits per heavy atom. The highest BCUT2D eigenvalue weighted by atomic mass is 32.2. The summed E-state index contributed by atoms with van der Waals surface area (Å²) < 4.78 is 38.0. The van der Waals surface area contributed by atoms with Gasteiger partial charge in [-0.25, -0.2) is 8.42 Å². The van der Waals surface area contributed by atoms with Gasteiger partial charge in [0.2, 0.25) is 10.0 Å². The first-order valence-electron chi connectivity index (χ1n) is 10.5. The van der Waals surface area contributed by atoms with E-state index >= 15 is 0 Å². The van der Waals surface area contributed by atoms with Crippen LogP contribution in [0.15, 0.2) is 65.6 Å². The second-order valence-electron chi connectivity index (χ2n) is 7.76. The molecule has 3 aromatic carbocycles. The van der Waals surface area contributed by atoms with Crippen LogP contribution in [0.1, 0.15) is 23.2 Å². The van der Waals surface area contributed by atoms with E-state index in [0.717, 1.165) is 29.4 Å². The third kappa shape index (κ3) is 4.48. The molecule has 0 bridgehead atoms. The van der Waals surface area contributed by atoms with Gasteiger partial charge in [0.1, 0.15) is 5.75 Å². The number of sulfonamides is 1. The number of ether oxygens (including phenoxy) is 2. The Morgan fingerprint density at radius 2 is 1.81 bits per heavy atom. The Kier molecular flexibility index (Phi) is 6.45. The number of carbonyl (C=O) groups excluding carboxylic acids is 1. The largest absolute Gasteiger partial charge is 0.496 e. The number of rotatable bonds is 7. The average molecular weight is 455 g/mol. The SMILES string of the molecule is COc1ccc(NC(=O)c2ccc(S(=O)(=O)N(C)C[C@H]3CCCO3)cc2)c2ccccc12. The summed E-state index contributed by atoms with van der Waals surface area (Å²) in [5.74, 6) is 0.400. The Labute approximate surface area is 188 Å². The molecule has 4 rings (SSSR count). The zero-order valence-corrected chi connectivity index (χ0v) is 18.9. The van der Waals surface area contributed by atoms with Crippen molar-refractivity contribution in [1.29, 1.82) is 0 Å². The van der Waals surface area contributed by atoms with Gasteiger partial charge >= 0.3 is 0 Å². The van der Waals surface area contributed by atoms with Gasteiger partial charge in [-0.15, -0.1) is 0 Å². The maximum Gasteiger partial charge on any atom is 0.255 e. The molecule has 1 N–H and O–H groups in total. The van der Waals surface area contributed by atoms with Crippen LogP contribution in [0.25, 0.3) is 10.8 Å². The highest BCUT2D eigenvalue weighted by molar-refractivity contribution is 7.89.